The van der Waals surface area contributed by atoms with Crippen molar-refractivity contribution in [1.82, 2.24) is 0 Å². The van der Waals surface area contributed by atoms with Crippen molar-refractivity contribution in [2.75, 3.05) is 17.2 Å². The molecule has 0 saturated carbocycles. The Morgan fingerprint density at radius 3 is 2.75 bits per heavy atom. The second-order valence-electron chi connectivity index (χ2n) is 6.02. The molecule has 2 aromatic rings. The second-order valence-corrected chi connectivity index (χ2v) is 6.02. The first-order valence-corrected chi connectivity index (χ1v) is 7.54. The van der Waals surface area contributed by atoms with Crippen molar-refractivity contribution >= 4 is 11.4 Å². The zero-order chi connectivity index (χ0) is 13.5. The zero-order valence-corrected chi connectivity index (χ0v) is 11.7. The van der Waals surface area contributed by atoms with E-state index in [2.05, 4.69) is 35.2 Å². The van der Waals surface area contributed by atoms with Gasteiger partial charge in [0.15, 0.2) is 0 Å². The van der Waals surface area contributed by atoms with Gasteiger partial charge in [0.2, 0.25) is 0 Å². The van der Waals surface area contributed by atoms with Crippen molar-refractivity contribution in [1.29, 1.82) is 0 Å². The molecular formula is C18H20N2. The number of nitrogen functional groups attached to an aromatic ring is 1. The lowest BCUT2D eigenvalue weighted by atomic mass is 10.1. The Hall–Kier alpha value is -1.96. The smallest absolute Gasteiger partial charge is 0.0429 e. The van der Waals surface area contributed by atoms with E-state index in [1.807, 2.05) is 6.07 Å². The lowest BCUT2D eigenvalue weighted by Gasteiger charge is -2.20. The van der Waals surface area contributed by atoms with Gasteiger partial charge in [-0.3, -0.25) is 0 Å². The molecule has 0 bridgehead atoms. The van der Waals surface area contributed by atoms with E-state index >= 15 is 0 Å². The zero-order valence-electron chi connectivity index (χ0n) is 11.7. The first-order chi connectivity index (χ1) is 9.79. The van der Waals surface area contributed by atoms with E-state index in [0.717, 1.165) is 25.2 Å². The highest BCUT2D eigenvalue weighted by Crippen LogP contribution is 2.31. The highest BCUT2D eigenvalue weighted by molar-refractivity contribution is 5.63. The van der Waals surface area contributed by atoms with Gasteiger partial charge in [0, 0.05) is 24.5 Å². The molecule has 1 aliphatic heterocycles. The summed E-state index contributed by atoms with van der Waals surface area (Å²) < 4.78 is 0. The quantitative estimate of drug-likeness (QED) is 0.843. The average molecular weight is 264 g/mol. The number of anilines is 2. The molecule has 0 radical (unpaired) electrons. The van der Waals surface area contributed by atoms with Crippen LogP contribution in [0.25, 0.3) is 0 Å². The summed E-state index contributed by atoms with van der Waals surface area (Å²) in [6.45, 7) is 2.13. The Morgan fingerprint density at radius 1 is 0.900 bits per heavy atom. The summed E-state index contributed by atoms with van der Waals surface area (Å²) in [7, 11) is 0. The third-order valence-electron chi connectivity index (χ3n) is 4.63. The van der Waals surface area contributed by atoms with Crippen LogP contribution in [0.1, 0.15) is 28.7 Å². The standard InChI is InChI=1S/C18H20N2/c19-17-6-7-18-16(11-17)8-9-20(18)12-13-4-5-14-2-1-3-15(14)10-13/h4-7,10-11H,1-3,8-9,12,19H2. The monoisotopic (exact) mass is 264 g/mol. The summed E-state index contributed by atoms with van der Waals surface area (Å²) in [5.74, 6) is 0. The number of nitrogens with two attached hydrogens (primary N) is 1. The highest BCUT2D eigenvalue weighted by Gasteiger charge is 2.19. The fraction of sp³-hybridized carbons (Fsp3) is 0.333. The summed E-state index contributed by atoms with van der Waals surface area (Å²) in [4.78, 5) is 2.48. The molecule has 2 aromatic carbocycles. The fourth-order valence-corrected chi connectivity index (χ4v) is 3.60. The second kappa shape index (κ2) is 4.55. The average Bonchev–Trinajstić information content (AvgIpc) is 3.05. The van der Waals surface area contributed by atoms with Crippen LogP contribution < -0.4 is 10.6 Å². The van der Waals surface area contributed by atoms with Gasteiger partial charge in [-0.05, 0) is 66.1 Å². The molecule has 1 heterocycles. The van der Waals surface area contributed by atoms with Crippen molar-refractivity contribution in [3.8, 4) is 0 Å². The van der Waals surface area contributed by atoms with Crippen LogP contribution in [0.5, 0.6) is 0 Å². The Kier molecular flexibility index (Phi) is 2.69. The number of rotatable bonds is 2. The van der Waals surface area contributed by atoms with E-state index in [4.69, 9.17) is 5.73 Å². The predicted molar refractivity (Wildman–Crippen MR) is 84.1 cm³/mol. The number of hydrogen-bond acceptors (Lipinski definition) is 2. The van der Waals surface area contributed by atoms with Gasteiger partial charge in [0.1, 0.15) is 0 Å². The highest BCUT2D eigenvalue weighted by atomic mass is 15.1. The van der Waals surface area contributed by atoms with Crippen molar-refractivity contribution in [3.05, 3.63) is 58.7 Å². The number of nitrogens with zero attached hydrogens (tertiary/aromatic N) is 1. The van der Waals surface area contributed by atoms with Crippen LogP contribution in [-0.4, -0.2) is 6.54 Å². The van der Waals surface area contributed by atoms with Gasteiger partial charge in [-0.1, -0.05) is 18.2 Å². The van der Waals surface area contributed by atoms with Gasteiger partial charge in [0.25, 0.3) is 0 Å². The first kappa shape index (κ1) is 11.8. The molecule has 0 amide bonds. The summed E-state index contributed by atoms with van der Waals surface area (Å²) in [5, 5.41) is 0. The topological polar surface area (TPSA) is 29.3 Å². The van der Waals surface area contributed by atoms with Gasteiger partial charge in [-0.2, -0.15) is 0 Å². The Morgan fingerprint density at radius 2 is 1.80 bits per heavy atom. The van der Waals surface area contributed by atoms with E-state index in [1.165, 1.54) is 36.1 Å². The molecule has 102 valence electrons. The minimum absolute atomic E-state index is 0.878. The third kappa shape index (κ3) is 1.96. The molecule has 0 saturated heterocycles. The van der Waals surface area contributed by atoms with Crippen LogP contribution in [0.15, 0.2) is 36.4 Å². The molecule has 0 unspecified atom stereocenters. The van der Waals surface area contributed by atoms with E-state index in [1.54, 1.807) is 11.1 Å². The number of aryl methyl sites for hydroxylation is 2. The van der Waals surface area contributed by atoms with Gasteiger partial charge in [-0.25, -0.2) is 0 Å². The fourth-order valence-electron chi connectivity index (χ4n) is 3.60. The number of fused-ring (bicyclic) bond motifs is 2. The molecule has 1 aliphatic carbocycles. The molecule has 0 spiro atoms. The molecule has 2 N–H and O–H groups in total. The summed E-state index contributed by atoms with van der Waals surface area (Å²) in [6, 6.07) is 13.4. The number of benzene rings is 2. The first-order valence-electron chi connectivity index (χ1n) is 7.54. The normalized spacial score (nSPS) is 16.3. The van der Waals surface area contributed by atoms with E-state index < -0.39 is 0 Å². The number of hydrogen-bond donors (Lipinski definition) is 1. The van der Waals surface area contributed by atoms with E-state index in [9.17, 15) is 0 Å². The van der Waals surface area contributed by atoms with Crippen LogP contribution >= 0.6 is 0 Å². The van der Waals surface area contributed by atoms with Crippen molar-refractivity contribution in [3.63, 3.8) is 0 Å². The maximum Gasteiger partial charge on any atom is 0.0429 e. The molecule has 4 rings (SSSR count). The van der Waals surface area contributed by atoms with Gasteiger partial charge in [0.05, 0.1) is 0 Å². The van der Waals surface area contributed by atoms with Crippen LogP contribution in [0.3, 0.4) is 0 Å². The SMILES string of the molecule is Nc1ccc2c(c1)CCN2Cc1ccc2c(c1)CCC2. The maximum atomic E-state index is 5.87. The maximum absolute atomic E-state index is 5.87. The molecule has 2 nitrogen and oxygen atoms in total. The van der Waals surface area contributed by atoms with Crippen LogP contribution in [0.2, 0.25) is 0 Å². The molecule has 2 heteroatoms. The third-order valence-corrected chi connectivity index (χ3v) is 4.63. The largest absolute Gasteiger partial charge is 0.399 e. The summed E-state index contributed by atoms with van der Waals surface area (Å²) in [6.07, 6.45) is 4.97. The predicted octanol–water partition coefficient (Wildman–Crippen LogP) is 3.32. The molecule has 0 aromatic heterocycles. The lowest BCUT2D eigenvalue weighted by molar-refractivity contribution is 0.834. The summed E-state index contributed by atoms with van der Waals surface area (Å²) in [5.41, 5.74) is 14.1. The van der Waals surface area contributed by atoms with E-state index in [-0.39, 0.29) is 0 Å². The van der Waals surface area contributed by atoms with Gasteiger partial charge < -0.3 is 10.6 Å². The van der Waals surface area contributed by atoms with Crippen molar-refractivity contribution in [2.45, 2.75) is 32.2 Å². The molecule has 0 atom stereocenters. The van der Waals surface area contributed by atoms with Crippen LogP contribution in [0, 0.1) is 0 Å². The Labute approximate surface area is 120 Å². The molecular weight excluding hydrogens is 244 g/mol. The molecule has 20 heavy (non-hydrogen) atoms. The molecule has 0 fully saturated rings. The van der Waals surface area contributed by atoms with Crippen molar-refractivity contribution < 1.29 is 0 Å². The van der Waals surface area contributed by atoms with Crippen LogP contribution in [-0.2, 0) is 25.8 Å². The van der Waals surface area contributed by atoms with Crippen molar-refractivity contribution in [2.24, 2.45) is 0 Å². The lowest BCUT2D eigenvalue weighted by Crippen LogP contribution is -2.19. The minimum atomic E-state index is 0.878. The summed E-state index contributed by atoms with van der Waals surface area (Å²) >= 11 is 0. The van der Waals surface area contributed by atoms with E-state index in [0.29, 0.717) is 0 Å². The van der Waals surface area contributed by atoms with Gasteiger partial charge in [-0.15, -0.1) is 0 Å². The van der Waals surface area contributed by atoms with Crippen LogP contribution in [0.4, 0.5) is 11.4 Å². The Bertz CT molecular complexity index is 660. The minimum Gasteiger partial charge on any atom is -0.399 e. The van der Waals surface area contributed by atoms with Gasteiger partial charge >= 0.3 is 0 Å². The Balaban J connectivity index is 1.59. The molecule has 2 aliphatic rings.